The van der Waals surface area contributed by atoms with E-state index in [1.165, 1.54) is 18.2 Å². The molecule has 0 spiro atoms. The first-order valence-electron chi connectivity index (χ1n) is 7.40. The van der Waals surface area contributed by atoms with Crippen molar-refractivity contribution in [2.24, 2.45) is 11.7 Å². The SMILES string of the molecule is NC(=O)CCC1CCCN(C(=O)c2cc([N+](=O)[O-])ccc2Cl)C1. The van der Waals surface area contributed by atoms with Gasteiger partial charge in [0, 0.05) is 31.6 Å². The molecule has 7 nitrogen and oxygen atoms in total. The first-order chi connectivity index (χ1) is 10.9. The van der Waals surface area contributed by atoms with Gasteiger partial charge in [-0.15, -0.1) is 0 Å². The van der Waals surface area contributed by atoms with Gasteiger partial charge < -0.3 is 10.6 Å². The molecule has 1 atom stereocenters. The van der Waals surface area contributed by atoms with E-state index in [1.807, 2.05) is 0 Å². The van der Waals surface area contributed by atoms with Gasteiger partial charge in [-0.3, -0.25) is 19.7 Å². The first-order valence-corrected chi connectivity index (χ1v) is 7.78. The molecule has 2 N–H and O–H groups in total. The van der Waals surface area contributed by atoms with Crippen LogP contribution >= 0.6 is 11.6 Å². The number of primary amides is 1. The third-order valence-electron chi connectivity index (χ3n) is 4.00. The first kappa shape index (κ1) is 17.2. The molecule has 0 radical (unpaired) electrons. The molecular formula is C15H18ClN3O4. The monoisotopic (exact) mass is 339 g/mol. The fourth-order valence-corrected chi connectivity index (χ4v) is 2.99. The number of carbonyl (C=O) groups excluding carboxylic acids is 2. The summed E-state index contributed by atoms with van der Waals surface area (Å²) in [5.41, 5.74) is 5.13. The van der Waals surface area contributed by atoms with Crippen molar-refractivity contribution in [2.45, 2.75) is 25.7 Å². The Bertz CT molecular complexity index is 635. The van der Waals surface area contributed by atoms with Gasteiger partial charge in [0.05, 0.1) is 15.5 Å². The highest BCUT2D eigenvalue weighted by Crippen LogP contribution is 2.27. The van der Waals surface area contributed by atoms with E-state index in [4.69, 9.17) is 17.3 Å². The highest BCUT2D eigenvalue weighted by Gasteiger charge is 2.27. The number of likely N-dealkylation sites (tertiary alicyclic amines) is 1. The van der Waals surface area contributed by atoms with Crippen LogP contribution in [-0.2, 0) is 4.79 Å². The Hall–Kier alpha value is -2.15. The predicted octanol–water partition coefficient (Wildman–Crippen LogP) is 2.37. The Kier molecular flexibility index (Phi) is 5.54. The maximum Gasteiger partial charge on any atom is 0.270 e. The van der Waals surface area contributed by atoms with Crippen molar-refractivity contribution in [3.63, 3.8) is 0 Å². The van der Waals surface area contributed by atoms with Gasteiger partial charge in [0.15, 0.2) is 0 Å². The molecular weight excluding hydrogens is 322 g/mol. The quantitative estimate of drug-likeness (QED) is 0.656. The lowest BCUT2D eigenvalue weighted by Gasteiger charge is -2.33. The lowest BCUT2D eigenvalue weighted by Crippen LogP contribution is -2.40. The van der Waals surface area contributed by atoms with Crippen LogP contribution in [-0.4, -0.2) is 34.7 Å². The molecule has 0 aromatic heterocycles. The van der Waals surface area contributed by atoms with Crippen molar-refractivity contribution in [3.8, 4) is 0 Å². The van der Waals surface area contributed by atoms with E-state index in [1.54, 1.807) is 4.90 Å². The minimum atomic E-state index is -0.557. The molecule has 0 aliphatic carbocycles. The number of nitrogens with zero attached hydrogens (tertiary/aromatic N) is 2. The Morgan fingerprint density at radius 1 is 1.43 bits per heavy atom. The number of benzene rings is 1. The predicted molar refractivity (Wildman–Crippen MR) is 85.2 cm³/mol. The zero-order valence-corrected chi connectivity index (χ0v) is 13.3. The lowest BCUT2D eigenvalue weighted by atomic mass is 9.93. The van der Waals surface area contributed by atoms with E-state index >= 15 is 0 Å². The number of carbonyl (C=O) groups is 2. The normalized spacial score (nSPS) is 17.8. The van der Waals surface area contributed by atoms with Crippen LogP contribution < -0.4 is 5.73 Å². The van der Waals surface area contributed by atoms with Crippen molar-refractivity contribution >= 4 is 29.1 Å². The summed E-state index contributed by atoms with van der Waals surface area (Å²) in [4.78, 5) is 35.4. The van der Waals surface area contributed by atoms with Gasteiger partial charge in [0.25, 0.3) is 11.6 Å². The Morgan fingerprint density at radius 3 is 2.83 bits per heavy atom. The van der Waals surface area contributed by atoms with Crippen molar-refractivity contribution in [3.05, 3.63) is 38.9 Å². The van der Waals surface area contributed by atoms with Gasteiger partial charge in [0.1, 0.15) is 0 Å². The second kappa shape index (κ2) is 7.41. The van der Waals surface area contributed by atoms with E-state index < -0.39 is 4.92 Å². The van der Waals surface area contributed by atoms with Gasteiger partial charge in [-0.05, 0) is 31.2 Å². The molecule has 1 saturated heterocycles. The number of nitro groups is 1. The van der Waals surface area contributed by atoms with E-state index in [2.05, 4.69) is 0 Å². The maximum atomic E-state index is 12.6. The molecule has 1 fully saturated rings. The van der Waals surface area contributed by atoms with Crippen LogP contribution in [0.15, 0.2) is 18.2 Å². The third kappa shape index (κ3) is 4.41. The zero-order valence-electron chi connectivity index (χ0n) is 12.5. The van der Waals surface area contributed by atoms with Gasteiger partial charge in [-0.25, -0.2) is 0 Å². The molecule has 1 aliphatic rings. The maximum absolute atomic E-state index is 12.6. The number of nitrogens with two attached hydrogens (primary N) is 1. The highest BCUT2D eigenvalue weighted by atomic mass is 35.5. The number of nitro benzene ring substituents is 1. The van der Waals surface area contributed by atoms with Crippen LogP contribution in [0.5, 0.6) is 0 Å². The second-order valence-corrected chi connectivity index (χ2v) is 6.09. The summed E-state index contributed by atoms with van der Waals surface area (Å²) in [5, 5.41) is 11.1. The number of amides is 2. The molecule has 0 bridgehead atoms. The van der Waals surface area contributed by atoms with Crippen LogP contribution in [0.4, 0.5) is 5.69 Å². The van der Waals surface area contributed by atoms with E-state index in [9.17, 15) is 19.7 Å². The number of rotatable bonds is 5. The summed E-state index contributed by atoms with van der Waals surface area (Å²) in [6.45, 7) is 1.08. The smallest absolute Gasteiger partial charge is 0.270 e. The molecule has 1 aromatic carbocycles. The van der Waals surface area contributed by atoms with Crippen LogP contribution in [0.2, 0.25) is 5.02 Å². The lowest BCUT2D eigenvalue weighted by molar-refractivity contribution is -0.384. The minimum absolute atomic E-state index is 0.136. The number of piperidine rings is 1. The average molecular weight is 340 g/mol. The number of halogens is 1. The van der Waals surface area contributed by atoms with Gasteiger partial charge in [0.2, 0.25) is 5.91 Å². The molecule has 8 heteroatoms. The zero-order chi connectivity index (χ0) is 17.0. The molecule has 1 aliphatic heterocycles. The topological polar surface area (TPSA) is 107 Å². The van der Waals surface area contributed by atoms with E-state index in [0.29, 0.717) is 25.9 Å². The summed E-state index contributed by atoms with van der Waals surface area (Å²) in [6.07, 6.45) is 2.69. The molecule has 1 aromatic rings. The van der Waals surface area contributed by atoms with Gasteiger partial charge >= 0.3 is 0 Å². The third-order valence-corrected chi connectivity index (χ3v) is 4.33. The summed E-state index contributed by atoms with van der Waals surface area (Å²) >= 11 is 6.02. The number of hydrogen-bond donors (Lipinski definition) is 1. The summed E-state index contributed by atoms with van der Waals surface area (Å²) < 4.78 is 0. The van der Waals surface area contributed by atoms with E-state index in [-0.39, 0.29) is 34.0 Å². The van der Waals surface area contributed by atoms with E-state index in [0.717, 1.165) is 12.8 Å². The van der Waals surface area contributed by atoms with Crippen LogP contribution in [0.1, 0.15) is 36.0 Å². The highest BCUT2D eigenvalue weighted by molar-refractivity contribution is 6.33. The van der Waals surface area contributed by atoms with Crippen LogP contribution in [0, 0.1) is 16.0 Å². The van der Waals surface area contributed by atoms with Crippen molar-refractivity contribution < 1.29 is 14.5 Å². The summed E-state index contributed by atoms with van der Waals surface area (Å²) in [5.74, 6) is -0.463. The molecule has 124 valence electrons. The minimum Gasteiger partial charge on any atom is -0.370 e. The Balaban J connectivity index is 2.11. The van der Waals surface area contributed by atoms with Crippen LogP contribution in [0.25, 0.3) is 0 Å². The number of non-ortho nitro benzene ring substituents is 1. The molecule has 2 rings (SSSR count). The standard InChI is InChI=1S/C15H18ClN3O4/c16-13-5-4-11(19(22)23)8-12(13)15(21)18-7-1-2-10(9-18)3-6-14(17)20/h4-5,8,10H,1-3,6-7,9H2,(H2,17,20). The fraction of sp³-hybridized carbons (Fsp3) is 0.467. The van der Waals surface area contributed by atoms with Crippen LogP contribution in [0.3, 0.4) is 0 Å². The molecule has 2 amide bonds. The number of hydrogen-bond acceptors (Lipinski definition) is 4. The Morgan fingerprint density at radius 2 is 2.17 bits per heavy atom. The van der Waals surface area contributed by atoms with Crippen molar-refractivity contribution in [1.29, 1.82) is 0 Å². The Labute approximate surface area is 138 Å². The van der Waals surface area contributed by atoms with Gasteiger partial charge in [-0.2, -0.15) is 0 Å². The average Bonchev–Trinajstić information content (AvgIpc) is 2.52. The molecule has 0 saturated carbocycles. The molecule has 1 unspecified atom stereocenters. The molecule has 1 heterocycles. The van der Waals surface area contributed by atoms with Gasteiger partial charge in [-0.1, -0.05) is 11.6 Å². The largest absolute Gasteiger partial charge is 0.370 e. The second-order valence-electron chi connectivity index (χ2n) is 5.69. The fourth-order valence-electron chi connectivity index (χ4n) is 2.79. The van der Waals surface area contributed by atoms with Crippen molar-refractivity contribution in [1.82, 2.24) is 4.90 Å². The molecule has 23 heavy (non-hydrogen) atoms. The summed E-state index contributed by atoms with van der Waals surface area (Å²) in [6, 6.07) is 3.84. The summed E-state index contributed by atoms with van der Waals surface area (Å²) in [7, 11) is 0. The van der Waals surface area contributed by atoms with Crippen molar-refractivity contribution in [2.75, 3.05) is 13.1 Å².